The summed E-state index contributed by atoms with van der Waals surface area (Å²) in [7, 11) is -2.05. The fourth-order valence-corrected chi connectivity index (χ4v) is 4.48. The monoisotopic (exact) mass is 361 g/mol. The summed E-state index contributed by atoms with van der Waals surface area (Å²) in [5.74, 6) is 1.06. The van der Waals surface area contributed by atoms with Crippen LogP contribution in [-0.2, 0) is 10.0 Å². The molecule has 0 saturated carbocycles. The van der Waals surface area contributed by atoms with Gasteiger partial charge in [-0.25, -0.2) is 13.1 Å². The fraction of sp³-hybridized carbons (Fsp3) is 0.400. The molecule has 0 aromatic heterocycles. The van der Waals surface area contributed by atoms with Gasteiger partial charge >= 0.3 is 0 Å². The predicted octanol–water partition coefficient (Wildman–Crippen LogP) is 4.38. The molecule has 1 atom stereocenters. The Morgan fingerprint density at radius 2 is 1.68 bits per heavy atom. The average Bonchev–Trinajstić information content (AvgIpc) is 2.56. The van der Waals surface area contributed by atoms with Gasteiger partial charge in [-0.3, -0.25) is 0 Å². The fourth-order valence-electron chi connectivity index (χ4n) is 2.93. The first-order valence-electron chi connectivity index (χ1n) is 8.47. The molecule has 0 aliphatic heterocycles. The summed E-state index contributed by atoms with van der Waals surface area (Å²) >= 11 is 0. The zero-order chi connectivity index (χ0) is 18.6. The SMILES string of the molecule is COc1cc(C)c(S(=O)(=O)N[C@@H](CC(C)C)c2ccccc2)cc1C. The van der Waals surface area contributed by atoms with Crippen molar-refractivity contribution in [3.8, 4) is 5.75 Å². The molecular weight excluding hydrogens is 334 g/mol. The lowest BCUT2D eigenvalue weighted by Crippen LogP contribution is -2.30. The van der Waals surface area contributed by atoms with Gasteiger partial charge in [-0.05, 0) is 55.0 Å². The molecule has 0 fully saturated rings. The van der Waals surface area contributed by atoms with Crippen LogP contribution in [0, 0.1) is 19.8 Å². The van der Waals surface area contributed by atoms with E-state index in [-0.39, 0.29) is 6.04 Å². The minimum absolute atomic E-state index is 0.256. The molecule has 0 saturated heterocycles. The molecule has 0 radical (unpaired) electrons. The zero-order valence-corrected chi connectivity index (χ0v) is 16.4. The molecule has 136 valence electrons. The molecule has 1 N–H and O–H groups in total. The first kappa shape index (κ1) is 19.5. The molecule has 2 aromatic rings. The maximum absolute atomic E-state index is 13.0. The van der Waals surface area contributed by atoms with Crippen molar-refractivity contribution in [3.63, 3.8) is 0 Å². The number of benzene rings is 2. The smallest absolute Gasteiger partial charge is 0.241 e. The number of hydrogen-bond donors (Lipinski definition) is 1. The standard InChI is InChI=1S/C20H27NO3S/c1-14(2)11-18(17-9-7-6-8-10-17)21-25(22,23)20-13-15(3)19(24-5)12-16(20)4/h6-10,12-14,18,21H,11H2,1-5H3/t18-/m0/s1. The van der Waals surface area contributed by atoms with Gasteiger partial charge in [0, 0.05) is 6.04 Å². The van der Waals surface area contributed by atoms with Crippen molar-refractivity contribution in [1.29, 1.82) is 0 Å². The van der Waals surface area contributed by atoms with E-state index in [1.54, 1.807) is 26.2 Å². The van der Waals surface area contributed by atoms with Gasteiger partial charge in [0.2, 0.25) is 10.0 Å². The molecule has 4 nitrogen and oxygen atoms in total. The quantitative estimate of drug-likeness (QED) is 0.796. The van der Waals surface area contributed by atoms with Crippen LogP contribution in [0.15, 0.2) is 47.4 Å². The maximum Gasteiger partial charge on any atom is 0.241 e. The Morgan fingerprint density at radius 1 is 1.04 bits per heavy atom. The summed E-state index contributed by atoms with van der Waals surface area (Å²) in [5.41, 5.74) is 2.45. The molecule has 0 aliphatic carbocycles. The van der Waals surface area contributed by atoms with Crippen LogP contribution in [0.3, 0.4) is 0 Å². The maximum atomic E-state index is 13.0. The van der Waals surface area contributed by atoms with Crippen LogP contribution in [0.4, 0.5) is 0 Å². The van der Waals surface area contributed by atoms with Crippen molar-refractivity contribution >= 4 is 10.0 Å². The number of methoxy groups -OCH3 is 1. The van der Waals surface area contributed by atoms with E-state index < -0.39 is 10.0 Å². The minimum atomic E-state index is -3.64. The average molecular weight is 362 g/mol. The predicted molar refractivity (Wildman–Crippen MR) is 101 cm³/mol. The molecular formula is C20H27NO3S. The van der Waals surface area contributed by atoms with E-state index in [2.05, 4.69) is 18.6 Å². The largest absolute Gasteiger partial charge is 0.496 e. The Morgan fingerprint density at radius 3 is 2.24 bits per heavy atom. The van der Waals surface area contributed by atoms with E-state index in [9.17, 15) is 8.42 Å². The third-order valence-electron chi connectivity index (χ3n) is 4.19. The van der Waals surface area contributed by atoms with E-state index in [0.29, 0.717) is 22.1 Å². The Bertz CT molecular complexity index is 814. The van der Waals surface area contributed by atoms with Gasteiger partial charge in [0.1, 0.15) is 5.75 Å². The van der Waals surface area contributed by atoms with Crippen molar-refractivity contribution in [2.45, 2.75) is 45.1 Å². The van der Waals surface area contributed by atoms with Crippen LogP contribution >= 0.6 is 0 Å². The van der Waals surface area contributed by atoms with Crippen LogP contribution in [0.1, 0.15) is 43.0 Å². The molecule has 0 heterocycles. The topological polar surface area (TPSA) is 55.4 Å². The highest BCUT2D eigenvalue weighted by molar-refractivity contribution is 7.89. The zero-order valence-electron chi connectivity index (χ0n) is 15.5. The number of nitrogens with one attached hydrogen (secondary N) is 1. The highest BCUT2D eigenvalue weighted by Crippen LogP contribution is 2.28. The Hall–Kier alpha value is -1.85. The van der Waals surface area contributed by atoms with E-state index in [1.165, 1.54) is 0 Å². The lowest BCUT2D eigenvalue weighted by atomic mass is 9.98. The molecule has 25 heavy (non-hydrogen) atoms. The molecule has 0 amide bonds. The van der Waals surface area contributed by atoms with Gasteiger partial charge in [0.05, 0.1) is 12.0 Å². The van der Waals surface area contributed by atoms with Gasteiger partial charge in [-0.2, -0.15) is 0 Å². The van der Waals surface area contributed by atoms with Crippen molar-refractivity contribution < 1.29 is 13.2 Å². The number of aryl methyl sites for hydroxylation is 2. The van der Waals surface area contributed by atoms with Gasteiger partial charge in [-0.15, -0.1) is 0 Å². The van der Waals surface area contributed by atoms with Gasteiger partial charge in [0.25, 0.3) is 0 Å². The lowest BCUT2D eigenvalue weighted by Gasteiger charge is -2.22. The number of rotatable bonds is 7. The number of sulfonamides is 1. The second kappa shape index (κ2) is 8.02. The van der Waals surface area contributed by atoms with Crippen LogP contribution < -0.4 is 9.46 Å². The van der Waals surface area contributed by atoms with Crippen LogP contribution in [0.2, 0.25) is 0 Å². The van der Waals surface area contributed by atoms with Gasteiger partial charge in [0.15, 0.2) is 0 Å². The Balaban J connectivity index is 2.39. The van der Waals surface area contributed by atoms with Crippen molar-refractivity contribution in [2.75, 3.05) is 7.11 Å². The second-order valence-corrected chi connectivity index (χ2v) is 8.48. The van der Waals surface area contributed by atoms with Crippen molar-refractivity contribution in [1.82, 2.24) is 4.72 Å². The van der Waals surface area contributed by atoms with E-state index in [4.69, 9.17) is 4.74 Å². The van der Waals surface area contributed by atoms with Crippen LogP contribution in [0.5, 0.6) is 5.75 Å². The number of hydrogen-bond acceptors (Lipinski definition) is 3. The highest BCUT2D eigenvalue weighted by Gasteiger charge is 2.24. The summed E-state index contributed by atoms with van der Waals surface area (Å²) in [4.78, 5) is 0.301. The summed E-state index contributed by atoms with van der Waals surface area (Å²) in [5, 5.41) is 0. The molecule has 0 bridgehead atoms. The Labute approximate surface area is 151 Å². The summed E-state index contributed by atoms with van der Waals surface area (Å²) in [6, 6.07) is 12.9. The van der Waals surface area contributed by atoms with E-state index in [1.807, 2.05) is 37.3 Å². The number of ether oxygens (including phenoxy) is 1. The molecule has 0 unspecified atom stereocenters. The molecule has 2 aromatic carbocycles. The van der Waals surface area contributed by atoms with E-state index >= 15 is 0 Å². The van der Waals surface area contributed by atoms with Crippen molar-refractivity contribution in [2.24, 2.45) is 5.92 Å². The minimum Gasteiger partial charge on any atom is -0.496 e. The van der Waals surface area contributed by atoms with E-state index in [0.717, 1.165) is 17.5 Å². The van der Waals surface area contributed by atoms with Crippen molar-refractivity contribution in [3.05, 3.63) is 59.2 Å². The first-order valence-corrected chi connectivity index (χ1v) is 9.95. The summed E-state index contributed by atoms with van der Waals surface area (Å²) in [6.45, 7) is 7.82. The van der Waals surface area contributed by atoms with Gasteiger partial charge < -0.3 is 4.74 Å². The molecule has 2 rings (SSSR count). The third kappa shape index (κ3) is 4.83. The van der Waals surface area contributed by atoms with Gasteiger partial charge in [-0.1, -0.05) is 44.2 Å². The third-order valence-corrected chi connectivity index (χ3v) is 5.80. The Kier molecular flexibility index (Phi) is 6.25. The van der Waals surface area contributed by atoms with Crippen LogP contribution in [-0.4, -0.2) is 15.5 Å². The molecule has 0 aliphatic rings. The second-order valence-electron chi connectivity index (χ2n) is 6.80. The highest BCUT2D eigenvalue weighted by atomic mass is 32.2. The summed E-state index contributed by atoms with van der Waals surface area (Å²) in [6.07, 6.45) is 0.734. The molecule has 0 spiro atoms. The normalized spacial score (nSPS) is 13.0. The lowest BCUT2D eigenvalue weighted by molar-refractivity contribution is 0.411. The first-order chi connectivity index (χ1) is 11.7. The molecule has 5 heteroatoms. The summed E-state index contributed by atoms with van der Waals surface area (Å²) < 4.78 is 34.2. The van der Waals surface area contributed by atoms with Crippen LogP contribution in [0.25, 0.3) is 0 Å².